The van der Waals surface area contributed by atoms with E-state index < -0.39 is 0 Å². The van der Waals surface area contributed by atoms with Crippen LogP contribution in [0.2, 0.25) is 0 Å². The second-order valence-electron chi connectivity index (χ2n) is 5.98. The molecule has 0 unspecified atom stereocenters. The molecule has 0 aromatic carbocycles. The lowest BCUT2D eigenvalue weighted by Crippen LogP contribution is -2.34. The van der Waals surface area contributed by atoms with Crippen molar-refractivity contribution in [1.29, 1.82) is 0 Å². The molecule has 0 radical (unpaired) electrons. The molecule has 0 amide bonds. The fraction of sp³-hybridized carbons (Fsp3) is 0.600. The molecule has 2 aliphatic rings. The van der Waals surface area contributed by atoms with Crippen LogP contribution in [0.4, 0.5) is 0 Å². The fourth-order valence-corrected chi connectivity index (χ4v) is 5.94. The van der Waals surface area contributed by atoms with Gasteiger partial charge < -0.3 is 5.32 Å². The van der Waals surface area contributed by atoms with Gasteiger partial charge in [-0.05, 0) is 43.2 Å². The monoisotopic (exact) mass is 320 g/mol. The molecular formula is C15H20N4S2. The number of thioether (sulfide) groups is 1. The van der Waals surface area contributed by atoms with Gasteiger partial charge >= 0.3 is 0 Å². The summed E-state index contributed by atoms with van der Waals surface area (Å²) in [6.07, 6.45) is 3.54. The maximum Gasteiger partial charge on any atom is 0.147 e. The van der Waals surface area contributed by atoms with Gasteiger partial charge in [0.15, 0.2) is 0 Å². The molecule has 21 heavy (non-hydrogen) atoms. The van der Waals surface area contributed by atoms with Gasteiger partial charge in [0.05, 0.1) is 10.3 Å². The van der Waals surface area contributed by atoms with E-state index in [9.17, 15) is 0 Å². The van der Waals surface area contributed by atoms with Crippen molar-refractivity contribution >= 4 is 23.1 Å². The van der Waals surface area contributed by atoms with Crippen molar-refractivity contribution in [2.75, 3.05) is 0 Å². The summed E-state index contributed by atoms with van der Waals surface area (Å²) in [5.74, 6) is 2.02. The number of hydrogen-bond acceptors (Lipinski definition) is 5. The number of aryl methyl sites for hydroxylation is 2. The van der Waals surface area contributed by atoms with Crippen molar-refractivity contribution in [2.45, 2.75) is 61.2 Å². The first-order valence-electron chi connectivity index (χ1n) is 7.62. The van der Waals surface area contributed by atoms with Crippen molar-refractivity contribution in [3.05, 3.63) is 28.7 Å². The average Bonchev–Trinajstić information content (AvgIpc) is 3.04. The van der Waals surface area contributed by atoms with Crippen LogP contribution in [-0.4, -0.2) is 20.0 Å². The Morgan fingerprint density at radius 1 is 1.38 bits per heavy atom. The first-order chi connectivity index (χ1) is 10.2. The standard InChI is InChI=1S/C15H20N4S2/c1-9-8-13(11-5-7-20-15(11)21-9)17-12-4-3-6-19-14(12)16-10(2)18-19/h5,7,9,12-13,17H,3-4,6,8H2,1-2H3/t9-,12+,13-/m0/s1. The molecule has 0 aliphatic carbocycles. The Labute approximate surface area is 133 Å². The second kappa shape index (κ2) is 5.41. The van der Waals surface area contributed by atoms with Crippen molar-refractivity contribution in [3.63, 3.8) is 0 Å². The normalized spacial score (nSPS) is 28.2. The lowest BCUT2D eigenvalue weighted by Gasteiger charge is -2.32. The summed E-state index contributed by atoms with van der Waals surface area (Å²) >= 11 is 3.89. The minimum atomic E-state index is 0.341. The molecule has 0 spiro atoms. The summed E-state index contributed by atoms with van der Waals surface area (Å²) in [7, 11) is 0. The number of thiophene rings is 1. The quantitative estimate of drug-likeness (QED) is 0.916. The summed E-state index contributed by atoms with van der Waals surface area (Å²) in [6.45, 7) is 5.32. The Balaban J connectivity index is 1.60. The van der Waals surface area contributed by atoms with Gasteiger partial charge in [0.1, 0.15) is 11.6 Å². The van der Waals surface area contributed by atoms with Gasteiger partial charge in [-0.3, -0.25) is 0 Å². The van der Waals surface area contributed by atoms with Crippen LogP contribution >= 0.6 is 23.1 Å². The molecule has 0 bridgehead atoms. The van der Waals surface area contributed by atoms with Gasteiger partial charge in [0.25, 0.3) is 0 Å². The van der Waals surface area contributed by atoms with Crippen molar-refractivity contribution in [1.82, 2.24) is 20.1 Å². The molecule has 4 rings (SSSR count). The third-order valence-electron chi connectivity index (χ3n) is 4.29. The van der Waals surface area contributed by atoms with Gasteiger partial charge in [-0.1, -0.05) is 6.92 Å². The highest BCUT2D eigenvalue weighted by Crippen LogP contribution is 2.44. The highest BCUT2D eigenvalue weighted by molar-refractivity contribution is 8.01. The van der Waals surface area contributed by atoms with Gasteiger partial charge in [-0.2, -0.15) is 5.10 Å². The smallest absolute Gasteiger partial charge is 0.147 e. The number of nitrogens with zero attached hydrogens (tertiary/aromatic N) is 3. The van der Waals surface area contributed by atoms with Crippen LogP contribution in [0.25, 0.3) is 0 Å². The fourth-order valence-electron chi connectivity index (χ4n) is 3.38. The van der Waals surface area contributed by atoms with E-state index in [0.29, 0.717) is 17.3 Å². The first-order valence-corrected chi connectivity index (χ1v) is 9.38. The third-order valence-corrected chi connectivity index (χ3v) is 6.64. The lowest BCUT2D eigenvalue weighted by molar-refractivity contribution is 0.326. The molecule has 4 nitrogen and oxygen atoms in total. The lowest BCUT2D eigenvalue weighted by atomic mass is 10.0. The molecule has 0 fully saturated rings. The van der Waals surface area contributed by atoms with Gasteiger partial charge in [0.2, 0.25) is 0 Å². The van der Waals surface area contributed by atoms with E-state index in [1.54, 1.807) is 0 Å². The van der Waals surface area contributed by atoms with Crippen molar-refractivity contribution < 1.29 is 0 Å². The van der Waals surface area contributed by atoms with Crippen LogP contribution in [0.3, 0.4) is 0 Å². The minimum Gasteiger partial charge on any atom is -0.300 e. The van der Waals surface area contributed by atoms with Crippen molar-refractivity contribution in [2.24, 2.45) is 0 Å². The van der Waals surface area contributed by atoms with Crippen LogP contribution in [0.5, 0.6) is 0 Å². The van der Waals surface area contributed by atoms with Crippen LogP contribution in [0, 0.1) is 6.92 Å². The Bertz CT molecular complexity index is 648. The molecule has 2 aliphatic heterocycles. The van der Waals surface area contributed by atoms with E-state index in [4.69, 9.17) is 0 Å². The molecule has 112 valence electrons. The molecule has 0 saturated carbocycles. The summed E-state index contributed by atoms with van der Waals surface area (Å²) in [5, 5.41) is 11.3. The van der Waals surface area contributed by atoms with E-state index in [1.165, 1.54) is 22.6 Å². The average molecular weight is 320 g/mol. The second-order valence-corrected chi connectivity index (χ2v) is 8.61. The minimum absolute atomic E-state index is 0.341. The third kappa shape index (κ3) is 2.53. The van der Waals surface area contributed by atoms with E-state index in [0.717, 1.165) is 24.6 Å². The maximum atomic E-state index is 4.65. The van der Waals surface area contributed by atoms with Crippen LogP contribution in [0.1, 0.15) is 55.5 Å². The Morgan fingerprint density at radius 3 is 3.19 bits per heavy atom. The van der Waals surface area contributed by atoms with Crippen molar-refractivity contribution in [3.8, 4) is 0 Å². The van der Waals surface area contributed by atoms with E-state index >= 15 is 0 Å². The Morgan fingerprint density at radius 2 is 2.29 bits per heavy atom. The molecule has 1 N–H and O–H groups in total. The number of hydrogen-bond donors (Lipinski definition) is 1. The summed E-state index contributed by atoms with van der Waals surface area (Å²) in [6, 6.07) is 3.08. The van der Waals surface area contributed by atoms with E-state index in [1.807, 2.05) is 30.0 Å². The van der Waals surface area contributed by atoms with Crippen LogP contribution < -0.4 is 5.32 Å². The zero-order valence-corrected chi connectivity index (χ0v) is 14.0. The first kappa shape index (κ1) is 13.8. The van der Waals surface area contributed by atoms with E-state index in [2.05, 4.69) is 38.5 Å². The maximum absolute atomic E-state index is 4.65. The highest BCUT2D eigenvalue weighted by atomic mass is 32.2. The molecule has 2 aromatic rings. The van der Waals surface area contributed by atoms with Crippen LogP contribution in [-0.2, 0) is 6.54 Å². The Kier molecular flexibility index (Phi) is 3.55. The molecule has 2 aromatic heterocycles. The molecule has 4 heterocycles. The van der Waals surface area contributed by atoms with Crippen LogP contribution in [0.15, 0.2) is 15.7 Å². The topological polar surface area (TPSA) is 42.7 Å². The highest BCUT2D eigenvalue weighted by Gasteiger charge is 2.31. The van der Waals surface area contributed by atoms with E-state index in [-0.39, 0.29) is 0 Å². The molecular weight excluding hydrogens is 300 g/mol. The zero-order valence-electron chi connectivity index (χ0n) is 12.4. The predicted octanol–water partition coefficient (Wildman–Crippen LogP) is 3.70. The Hall–Kier alpha value is -0.850. The predicted molar refractivity (Wildman–Crippen MR) is 86.9 cm³/mol. The molecule has 6 heteroatoms. The summed E-state index contributed by atoms with van der Waals surface area (Å²) in [4.78, 5) is 4.65. The SMILES string of the molecule is Cc1nc2n(n1)CCC[C@H]2N[C@H]1C[C@H](C)Sc2sccc21. The molecule has 0 saturated heterocycles. The zero-order chi connectivity index (χ0) is 14.4. The summed E-state index contributed by atoms with van der Waals surface area (Å²) < 4.78 is 3.58. The van der Waals surface area contributed by atoms with Gasteiger partial charge in [-0.15, -0.1) is 23.1 Å². The number of rotatable bonds is 2. The number of nitrogens with one attached hydrogen (secondary N) is 1. The summed E-state index contributed by atoms with van der Waals surface area (Å²) in [5.41, 5.74) is 1.48. The number of aromatic nitrogens is 3. The molecule has 3 atom stereocenters. The largest absolute Gasteiger partial charge is 0.300 e. The van der Waals surface area contributed by atoms with Gasteiger partial charge in [-0.25, -0.2) is 9.67 Å². The number of fused-ring (bicyclic) bond motifs is 2. The van der Waals surface area contributed by atoms with Gasteiger partial charge in [0, 0.05) is 17.8 Å².